The highest BCUT2D eigenvalue weighted by Crippen LogP contribution is 2.04. The van der Waals surface area contributed by atoms with E-state index >= 15 is 0 Å². The molecule has 0 unspecified atom stereocenters. The standard InChI is InChI=1S/C8H8ClNO/c9-7-3-1-5-8(11)10-6-2-4-7/h1-4,6H,5H2,(H,10,11)/b3-1+,6-2+,7-4+. The van der Waals surface area contributed by atoms with Gasteiger partial charge in [0.05, 0.1) is 0 Å². The van der Waals surface area contributed by atoms with Gasteiger partial charge in [0.2, 0.25) is 5.91 Å². The highest BCUT2D eigenvalue weighted by Gasteiger charge is 1.94. The second-order valence-electron chi connectivity index (χ2n) is 2.08. The molecular formula is C8H8ClNO. The van der Waals surface area contributed by atoms with E-state index in [4.69, 9.17) is 11.6 Å². The van der Waals surface area contributed by atoms with Crippen LogP contribution in [0, 0.1) is 0 Å². The predicted octanol–water partition coefficient (Wildman–Crippen LogP) is 1.70. The monoisotopic (exact) mass is 169 g/mol. The summed E-state index contributed by atoms with van der Waals surface area (Å²) in [6.07, 6.45) is 8.77. The summed E-state index contributed by atoms with van der Waals surface area (Å²) in [4.78, 5) is 10.8. The van der Waals surface area contributed by atoms with Gasteiger partial charge in [-0.2, -0.15) is 0 Å². The SMILES string of the molecule is O=C1C/C=C/C(Cl)=C\C=C\N1. The Hall–Kier alpha value is -1.02. The molecule has 0 spiro atoms. The molecule has 0 aromatic carbocycles. The van der Waals surface area contributed by atoms with Crippen molar-refractivity contribution in [3.8, 4) is 0 Å². The van der Waals surface area contributed by atoms with Crippen LogP contribution < -0.4 is 5.32 Å². The van der Waals surface area contributed by atoms with Gasteiger partial charge < -0.3 is 5.32 Å². The summed E-state index contributed by atoms with van der Waals surface area (Å²) in [5, 5.41) is 3.19. The fourth-order valence-corrected chi connectivity index (χ4v) is 0.836. The van der Waals surface area contributed by atoms with E-state index in [0.717, 1.165) is 0 Å². The largest absolute Gasteiger partial charge is 0.332 e. The molecule has 11 heavy (non-hydrogen) atoms. The van der Waals surface area contributed by atoms with Gasteiger partial charge in [-0.1, -0.05) is 17.7 Å². The van der Waals surface area contributed by atoms with Gasteiger partial charge in [0.15, 0.2) is 0 Å². The van der Waals surface area contributed by atoms with Crippen molar-refractivity contribution in [3.05, 3.63) is 35.5 Å². The fourth-order valence-electron chi connectivity index (χ4n) is 0.674. The van der Waals surface area contributed by atoms with Crippen LogP contribution in [-0.4, -0.2) is 5.91 Å². The fraction of sp³-hybridized carbons (Fsp3) is 0.125. The van der Waals surface area contributed by atoms with Crippen LogP contribution in [0.5, 0.6) is 0 Å². The van der Waals surface area contributed by atoms with E-state index in [1.807, 2.05) is 0 Å². The smallest absolute Gasteiger partial charge is 0.227 e. The lowest BCUT2D eigenvalue weighted by molar-refractivity contribution is -0.119. The van der Waals surface area contributed by atoms with Crippen LogP contribution in [-0.2, 0) is 4.79 Å². The zero-order valence-electron chi connectivity index (χ0n) is 5.88. The van der Waals surface area contributed by atoms with Crippen LogP contribution in [0.4, 0.5) is 0 Å². The average molecular weight is 170 g/mol. The van der Waals surface area contributed by atoms with Crippen LogP contribution in [0.3, 0.4) is 0 Å². The number of halogens is 1. The molecule has 0 bridgehead atoms. The van der Waals surface area contributed by atoms with Gasteiger partial charge in [-0.15, -0.1) is 0 Å². The molecule has 58 valence electrons. The third-order valence-electron chi connectivity index (χ3n) is 1.18. The van der Waals surface area contributed by atoms with Gasteiger partial charge in [0.25, 0.3) is 0 Å². The third-order valence-corrected chi connectivity index (χ3v) is 1.43. The van der Waals surface area contributed by atoms with E-state index in [1.54, 1.807) is 30.5 Å². The van der Waals surface area contributed by atoms with Crippen molar-refractivity contribution in [2.45, 2.75) is 6.42 Å². The van der Waals surface area contributed by atoms with Gasteiger partial charge in [-0.25, -0.2) is 0 Å². The van der Waals surface area contributed by atoms with Gasteiger partial charge in [0, 0.05) is 17.7 Å². The number of hydrogen-bond donors (Lipinski definition) is 1. The van der Waals surface area contributed by atoms with Crippen molar-refractivity contribution < 1.29 is 4.79 Å². The minimum absolute atomic E-state index is 0.0303. The Morgan fingerprint density at radius 2 is 2.36 bits per heavy atom. The molecule has 0 fully saturated rings. The van der Waals surface area contributed by atoms with Crippen molar-refractivity contribution >= 4 is 17.5 Å². The summed E-state index contributed by atoms with van der Waals surface area (Å²) >= 11 is 5.70. The normalized spacial score (nSPS) is 28.5. The van der Waals surface area contributed by atoms with Gasteiger partial charge in [-0.05, 0) is 18.2 Å². The van der Waals surface area contributed by atoms with E-state index in [0.29, 0.717) is 11.5 Å². The molecule has 1 aliphatic rings. The zero-order chi connectivity index (χ0) is 8.10. The Morgan fingerprint density at radius 3 is 3.18 bits per heavy atom. The summed E-state index contributed by atoms with van der Waals surface area (Å²) in [6, 6.07) is 0. The first-order valence-electron chi connectivity index (χ1n) is 3.27. The Labute approximate surface area is 70.2 Å². The van der Waals surface area contributed by atoms with Crippen molar-refractivity contribution in [2.24, 2.45) is 0 Å². The number of amides is 1. The van der Waals surface area contributed by atoms with Crippen molar-refractivity contribution in [3.63, 3.8) is 0 Å². The van der Waals surface area contributed by atoms with Crippen LogP contribution >= 0.6 is 11.6 Å². The average Bonchev–Trinajstić information content (AvgIpc) is 2.04. The molecule has 1 heterocycles. The topological polar surface area (TPSA) is 29.1 Å². The molecule has 1 rings (SSSR count). The van der Waals surface area contributed by atoms with Gasteiger partial charge in [-0.3, -0.25) is 4.79 Å². The Balaban J connectivity index is 2.72. The van der Waals surface area contributed by atoms with Crippen LogP contribution in [0.1, 0.15) is 6.42 Å². The van der Waals surface area contributed by atoms with Crippen molar-refractivity contribution in [1.82, 2.24) is 5.32 Å². The second kappa shape index (κ2) is 3.98. The lowest BCUT2D eigenvalue weighted by Crippen LogP contribution is -2.14. The number of rotatable bonds is 0. The van der Waals surface area contributed by atoms with Crippen LogP contribution in [0.2, 0.25) is 0 Å². The van der Waals surface area contributed by atoms with Gasteiger partial charge >= 0.3 is 0 Å². The zero-order valence-corrected chi connectivity index (χ0v) is 6.64. The molecule has 2 nitrogen and oxygen atoms in total. The maximum absolute atomic E-state index is 10.8. The van der Waals surface area contributed by atoms with Crippen molar-refractivity contribution in [1.29, 1.82) is 0 Å². The molecule has 1 amide bonds. The lowest BCUT2D eigenvalue weighted by Gasteiger charge is -1.91. The van der Waals surface area contributed by atoms with Crippen LogP contribution in [0.25, 0.3) is 0 Å². The molecular weight excluding hydrogens is 162 g/mol. The molecule has 3 heteroatoms. The molecule has 0 radical (unpaired) electrons. The molecule has 1 aliphatic heterocycles. The van der Waals surface area contributed by atoms with E-state index in [-0.39, 0.29) is 5.91 Å². The lowest BCUT2D eigenvalue weighted by atomic mass is 10.3. The maximum Gasteiger partial charge on any atom is 0.227 e. The summed E-state index contributed by atoms with van der Waals surface area (Å²) in [7, 11) is 0. The van der Waals surface area contributed by atoms with Gasteiger partial charge in [0.1, 0.15) is 0 Å². The maximum atomic E-state index is 10.8. The molecule has 1 N–H and O–H groups in total. The predicted molar refractivity (Wildman–Crippen MR) is 45.0 cm³/mol. The second-order valence-corrected chi connectivity index (χ2v) is 2.52. The molecule has 0 aromatic heterocycles. The number of carbonyl (C=O) groups is 1. The summed E-state index contributed by atoms with van der Waals surface area (Å²) in [5.41, 5.74) is 0. The first kappa shape index (κ1) is 8.08. The summed E-state index contributed by atoms with van der Waals surface area (Å²) in [6.45, 7) is 0. The Morgan fingerprint density at radius 1 is 1.55 bits per heavy atom. The first-order chi connectivity index (χ1) is 5.29. The Kier molecular flexibility index (Phi) is 2.93. The molecule has 0 saturated heterocycles. The minimum Gasteiger partial charge on any atom is -0.332 e. The minimum atomic E-state index is -0.0303. The van der Waals surface area contributed by atoms with E-state index in [2.05, 4.69) is 5.32 Å². The molecule has 0 atom stereocenters. The number of carbonyl (C=O) groups excluding carboxylic acids is 1. The first-order valence-corrected chi connectivity index (χ1v) is 3.65. The van der Waals surface area contributed by atoms with Crippen LogP contribution in [0.15, 0.2) is 35.5 Å². The number of nitrogens with one attached hydrogen (secondary N) is 1. The molecule has 0 saturated carbocycles. The Bertz CT molecular complexity index is 240. The van der Waals surface area contributed by atoms with E-state index in [1.165, 1.54) is 0 Å². The third kappa shape index (κ3) is 3.05. The highest BCUT2D eigenvalue weighted by atomic mass is 35.5. The summed E-state index contributed by atoms with van der Waals surface area (Å²) in [5.74, 6) is -0.0303. The molecule has 0 aliphatic carbocycles. The van der Waals surface area contributed by atoms with Crippen molar-refractivity contribution in [2.75, 3.05) is 0 Å². The summed E-state index contributed by atoms with van der Waals surface area (Å²) < 4.78 is 0. The number of hydrogen-bond acceptors (Lipinski definition) is 1. The highest BCUT2D eigenvalue weighted by molar-refractivity contribution is 6.31. The van der Waals surface area contributed by atoms with E-state index < -0.39 is 0 Å². The number of allylic oxidation sites excluding steroid dienone is 4. The quantitative estimate of drug-likeness (QED) is 0.588. The molecule has 0 aromatic rings. The van der Waals surface area contributed by atoms with E-state index in [9.17, 15) is 4.79 Å².